The van der Waals surface area contributed by atoms with Gasteiger partial charge in [-0.3, -0.25) is 9.59 Å². The second-order valence-electron chi connectivity index (χ2n) is 5.82. The molecule has 0 aliphatic heterocycles. The van der Waals surface area contributed by atoms with E-state index in [1.807, 2.05) is 6.07 Å². The Kier molecular flexibility index (Phi) is 5.18. The maximum absolute atomic E-state index is 12.8. The number of anilines is 1. The molecular weight excluding hydrogens is 378 g/mol. The van der Waals surface area contributed by atoms with Crippen LogP contribution >= 0.6 is 11.3 Å². The molecule has 0 saturated heterocycles. The topological polar surface area (TPSA) is 150 Å². The Balaban J connectivity index is 2.54. The minimum Gasteiger partial charge on any atom is -0.381 e. The number of hydrogen-bond acceptors (Lipinski definition) is 7. The number of thiophene rings is 1. The fourth-order valence-electron chi connectivity index (χ4n) is 1.96. The van der Waals surface area contributed by atoms with Crippen molar-refractivity contribution in [2.24, 2.45) is 5.73 Å². The lowest BCUT2D eigenvalue weighted by Gasteiger charge is -2.16. The highest BCUT2D eigenvalue weighted by atomic mass is 32.2. The van der Waals surface area contributed by atoms with Crippen LogP contribution in [0.2, 0.25) is 0 Å². The largest absolute Gasteiger partial charge is 0.381 e. The van der Waals surface area contributed by atoms with Gasteiger partial charge in [0, 0.05) is 5.38 Å². The molecule has 10 heteroatoms. The van der Waals surface area contributed by atoms with Gasteiger partial charge in [0.2, 0.25) is 9.84 Å². The van der Waals surface area contributed by atoms with Crippen molar-refractivity contribution in [1.29, 1.82) is 5.26 Å². The Morgan fingerprint density at radius 3 is 2.31 bits per heavy atom. The smallest absolute Gasteiger partial charge is 0.256 e. The fraction of sp³-hybridized carbons (Fsp3) is 0.188. The van der Waals surface area contributed by atoms with Crippen LogP contribution in [0.25, 0.3) is 0 Å². The minimum absolute atomic E-state index is 0.0724. The number of nitriles is 1. The Bertz CT molecular complexity index is 1010. The molecule has 136 valence electrons. The van der Waals surface area contributed by atoms with Crippen molar-refractivity contribution in [2.45, 2.75) is 29.2 Å². The number of nitrogens with zero attached hydrogens (tertiary/aromatic N) is 1. The molecule has 1 aromatic carbocycles. The summed E-state index contributed by atoms with van der Waals surface area (Å²) < 4.78 is 25.6. The highest BCUT2D eigenvalue weighted by Gasteiger charge is 2.31. The zero-order valence-corrected chi connectivity index (χ0v) is 15.4. The van der Waals surface area contributed by atoms with Gasteiger partial charge in [0.25, 0.3) is 11.8 Å². The lowest BCUT2D eigenvalue weighted by atomic mass is 10.1. The van der Waals surface area contributed by atoms with Crippen molar-refractivity contribution < 1.29 is 23.1 Å². The van der Waals surface area contributed by atoms with E-state index in [-0.39, 0.29) is 25.9 Å². The van der Waals surface area contributed by atoms with Crippen LogP contribution in [-0.4, -0.2) is 30.9 Å². The molecule has 0 aliphatic carbocycles. The third-order valence-electron chi connectivity index (χ3n) is 3.37. The van der Waals surface area contributed by atoms with Crippen LogP contribution in [-0.2, 0) is 14.6 Å². The van der Waals surface area contributed by atoms with Gasteiger partial charge in [-0.05, 0) is 38.1 Å². The van der Waals surface area contributed by atoms with Gasteiger partial charge in [-0.15, -0.1) is 11.3 Å². The first-order chi connectivity index (χ1) is 12.0. The number of hydrogen-bond donors (Lipinski definition) is 3. The second-order valence-corrected chi connectivity index (χ2v) is 8.62. The summed E-state index contributed by atoms with van der Waals surface area (Å²) in [5.74, 6) is -1.85. The van der Waals surface area contributed by atoms with Gasteiger partial charge in [0.1, 0.15) is 10.6 Å². The summed E-state index contributed by atoms with van der Waals surface area (Å²) in [6.07, 6.45) is 0. The second kappa shape index (κ2) is 6.87. The zero-order valence-electron chi connectivity index (χ0n) is 13.8. The van der Waals surface area contributed by atoms with Crippen LogP contribution in [0.1, 0.15) is 29.8 Å². The third kappa shape index (κ3) is 3.75. The summed E-state index contributed by atoms with van der Waals surface area (Å²) in [5.41, 5.74) is 3.50. The molecule has 2 amide bonds. The molecule has 1 aromatic heterocycles. The Hall–Kier alpha value is -2.74. The van der Waals surface area contributed by atoms with Gasteiger partial charge >= 0.3 is 0 Å². The number of carbonyl (C=O) groups excluding carboxylic acids is 2. The number of nitrogens with one attached hydrogen (secondary N) is 1. The molecule has 26 heavy (non-hydrogen) atoms. The fourth-order valence-corrected chi connectivity index (χ4v) is 4.71. The standard InChI is InChI=1S/C16H15N3O5S2/c1-16(2,22)15(21)19-14-12(13(18)20)11(8-25-14)26(23,24)10-5-3-9(7-17)4-6-10/h3-6,8,22H,1-2H3,(H2,18,20)(H,19,21). The van der Waals surface area contributed by atoms with Crippen molar-refractivity contribution in [2.75, 3.05) is 5.32 Å². The lowest BCUT2D eigenvalue weighted by Crippen LogP contribution is -2.37. The molecule has 0 saturated carbocycles. The molecule has 8 nitrogen and oxygen atoms in total. The molecule has 1 heterocycles. The summed E-state index contributed by atoms with van der Waals surface area (Å²) in [6.45, 7) is 2.49. The SMILES string of the molecule is CC(C)(O)C(=O)Nc1scc(S(=O)(=O)c2ccc(C#N)cc2)c1C(N)=O. The molecule has 0 atom stereocenters. The summed E-state index contributed by atoms with van der Waals surface area (Å²) in [4.78, 5) is 23.3. The van der Waals surface area contributed by atoms with Crippen LogP contribution in [0.4, 0.5) is 5.00 Å². The summed E-state index contributed by atoms with van der Waals surface area (Å²) in [7, 11) is -4.10. The van der Waals surface area contributed by atoms with Gasteiger partial charge in [-0.2, -0.15) is 5.26 Å². The van der Waals surface area contributed by atoms with Crippen molar-refractivity contribution >= 4 is 38.0 Å². The number of aliphatic hydroxyl groups is 1. The number of sulfone groups is 1. The third-order valence-corrected chi connectivity index (χ3v) is 6.21. The van der Waals surface area contributed by atoms with Crippen molar-refractivity contribution in [3.05, 3.63) is 40.8 Å². The Morgan fingerprint density at radius 2 is 1.85 bits per heavy atom. The number of rotatable bonds is 5. The predicted octanol–water partition coefficient (Wildman–Crippen LogP) is 1.26. The van der Waals surface area contributed by atoms with E-state index in [1.54, 1.807) is 0 Å². The molecule has 0 bridgehead atoms. The zero-order chi connectivity index (χ0) is 19.7. The summed E-state index contributed by atoms with van der Waals surface area (Å²) in [6, 6.07) is 7.03. The average molecular weight is 393 g/mol. The Morgan fingerprint density at radius 1 is 1.27 bits per heavy atom. The van der Waals surface area contributed by atoms with E-state index in [9.17, 15) is 23.1 Å². The molecule has 2 rings (SSSR count). The first-order valence-electron chi connectivity index (χ1n) is 7.19. The van der Waals surface area contributed by atoms with E-state index in [4.69, 9.17) is 11.0 Å². The number of nitrogens with two attached hydrogens (primary N) is 1. The number of amides is 2. The van der Waals surface area contributed by atoms with E-state index < -0.39 is 27.3 Å². The van der Waals surface area contributed by atoms with Gasteiger partial charge in [-0.25, -0.2) is 8.42 Å². The quantitative estimate of drug-likeness (QED) is 0.696. The number of carbonyl (C=O) groups is 2. The highest BCUT2D eigenvalue weighted by Crippen LogP contribution is 2.35. The normalized spacial score (nSPS) is 11.6. The van der Waals surface area contributed by atoms with E-state index in [1.165, 1.54) is 43.5 Å². The maximum atomic E-state index is 12.8. The average Bonchev–Trinajstić information content (AvgIpc) is 2.98. The minimum atomic E-state index is -4.10. The molecule has 0 spiro atoms. The lowest BCUT2D eigenvalue weighted by molar-refractivity contribution is -0.130. The molecule has 0 fully saturated rings. The number of primary amides is 1. The molecule has 0 radical (unpaired) electrons. The summed E-state index contributed by atoms with van der Waals surface area (Å²) in [5, 5.41) is 21.9. The van der Waals surface area contributed by atoms with Crippen molar-refractivity contribution in [1.82, 2.24) is 0 Å². The van der Waals surface area contributed by atoms with Crippen LogP contribution < -0.4 is 11.1 Å². The van der Waals surface area contributed by atoms with E-state index in [0.29, 0.717) is 0 Å². The van der Waals surface area contributed by atoms with Crippen molar-refractivity contribution in [3.63, 3.8) is 0 Å². The van der Waals surface area contributed by atoms with Gasteiger partial charge in [0.15, 0.2) is 0 Å². The van der Waals surface area contributed by atoms with Crippen LogP contribution in [0.15, 0.2) is 39.4 Å². The van der Waals surface area contributed by atoms with Gasteiger partial charge in [-0.1, -0.05) is 0 Å². The van der Waals surface area contributed by atoms with E-state index in [0.717, 1.165) is 11.3 Å². The van der Waals surface area contributed by atoms with Crippen molar-refractivity contribution in [3.8, 4) is 6.07 Å². The van der Waals surface area contributed by atoms with E-state index >= 15 is 0 Å². The number of benzene rings is 1. The Labute approximate surface area is 153 Å². The molecule has 2 aromatic rings. The first kappa shape index (κ1) is 19.6. The molecular formula is C16H15N3O5S2. The summed E-state index contributed by atoms with van der Waals surface area (Å²) >= 11 is 0.803. The van der Waals surface area contributed by atoms with Crippen LogP contribution in [0.5, 0.6) is 0 Å². The highest BCUT2D eigenvalue weighted by molar-refractivity contribution is 7.91. The maximum Gasteiger partial charge on any atom is 0.256 e. The molecule has 4 N–H and O–H groups in total. The van der Waals surface area contributed by atoms with Crippen LogP contribution in [0.3, 0.4) is 0 Å². The monoisotopic (exact) mass is 393 g/mol. The van der Waals surface area contributed by atoms with Gasteiger partial charge in [0.05, 0.1) is 27.0 Å². The predicted molar refractivity (Wildman–Crippen MR) is 94.4 cm³/mol. The molecule has 0 unspecified atom stereocenters. The molecule has 0 aliphatic rings. The van der Waals surface area contributed by atoms with Gasteiger partial charge < -0.3 is 16.2 Å². The first-order valence-corrected chi connectivity index (χ1v) is 9.55. The van der Waals surface area contributed by atoms with Crippen LogP contribution in [0, 0.1) is 11.3 Å². The van der Waals surface area contributed by atoms with E-state index in [2.05, 4.69) is 5.32 Å².